The van der Waals surface area contributed by atoms with Crippen LogP contribution < -0.4 is 5.84 Å². The van der Waals surface area contributed by atoms with Crippen LogP contribution in [0, 0.1) is 5.92 Å². The number of carbonyl (C=O) groups is 1. The summed E-state index contributed by atoms with van der Waals surface area (Å²) in [5.74, 6) is 6.33. The Morgan fingerprint density at radius 1 is 1.71 bits per heavy atom. The Hall–Kier alpha value is -1.58. The van der Waals surface area contributed by atoms with E-state index in [9.17, 15) is 4.79 Å². The highest BCUT2D eigenvalue weighted by Crippen LogP contribution is 2.10. The minimum Gasteiger partial charge on any atom is -0.330 e. The van der Waals surface area contributed by atoms with Crippen LogP contribution in [0.5, 0.6) is 0 Å². The van der Waals surface area contributed by atoms with Crippen LogP contribution in [0.25, 0.3) is 0 Å². The number of allylic oxidation sites excluding steroid dienone is 2. The lowest BCUT2D eigenvalue weighted by Crippen LogP contribution is -2.32. The quantitative estimate of drug-likeness (QED) is 0.233. The molecule has 1 aliphatic heterocycles. The van der Waals surface area contributed by atoms with Crippen LogP contribution in [0.4, 0.5) is 0 Å². The molecule has 0 fully saturated rings. The molecule has 1 rings (SSSR count). The van der Waals surface area contributed by atoms with E-state index >= 15 is 0 Å². The van der Waals surface area contributed by atoms with Gasteiger partial charge in [-0.15, -0.1) is 0 Å². The number of rotatable bonds is 2. The van der Waals surface area contributed by atoms with Crippen molar-refractivity contribution in [2.75, 3.05) is 6.54 Å². The minimum absolute atomic E-state index is 0.246. The van der Waals surface area contributed by atoms with Crippen LogP contribution >= 0.6 is 0 Å². The van der Waals surface area contributed by atoms with E-state index < -0.39 is 0 Å². The largest absolute Gasteiger partial charge is 0.330 e. The zero-order valence-corrected chi connectivity index (χ0v) is 8.47. The molecular formula is C10H15N3O. The van der Waals surface area contributed by atoms with E-state index in [4.69, 9.17) is 5.84 Å². The fourth-order valence-corrected chi connectivity index (χ4v) is 1.36. The lowest BCUT2D eigenvalue weighted by atomic mass is 10.1. The molecular weight excluding hydrogens is 178 g/mol. The summed E-state index contributed by atoms with van der Waals surface area (Å²) in [4.78, 5) is 12.5. The second kappa shape index (κ2) is 4.60. The Bertz CT molecular complexity index is 302. The van der Waals surface area contributed by atoms with Crippen LogP contribution in [-0.2, 0) is 4.79 Å². The van der Waals surface area contributed by atoms with Crippen molar-refractivity contribution in [3.05, 3.63) is 23.9 Å². The van der Waals surface area contributed by atoms with Gasteiger partial charge in [0.1, 0.15) is 5.84 Å². The number of aldehydes is 1. The predicted molar refractivity (Wildman–Crippen MR) is 56.5 cm³/mol. The molecule has 0 unspecified atom stereocenters. The van der Waals surface area contributed by atoms with Crippen molar-refractivity contribution < 1.29 is 4.79 Å². The molecule has 4 heteroatoms. The van der Waals surface area contributed by atoms with Crippen LogP contribution in [0.3, 0.4) is 0 Å². The Balaban J connectivity index is 2.85. The molecule has 1 heterocycles. The van der Waals surface area contributed by atoms with Crippen molar-refractivity contribution in [1.29, 1.82) is 0 Å². The number of amidine groups is 1. The first-order valence-electron chi connectivity index (χ1n) is 4.57. The average Bonchev–Trinajstić information content (AvgIpc) is 2.19. The van der Waals surface area contributed by atoms with Crippen LogP contribution in [0.2, 0.25) is 0 Å². The molecule has 0 spiro atoms. The van der Waals surface area contributed by atoms with Crippen LogP contribution in [-0.4, -0.2) is 23.6 Å². The Morgan fingerprint density at radius 3 is 2.93 bits per heavy atom. The van der Waals surface area contributed by atoms with E-state index in [2.05, 4.69) is 5.10 Å². The van der Waals surface area contributed by atoms with Gasteiger partial charge < -0.3 is 10.7 Å². The second-order valence-corrected chi connectivity index (χ2v) is 3.44. The first-order chi connectivity index (χ1) is 6.69. The Labute approximate surface area is 83.8 Å². The zero-order valence-electron chi connectivity index (χ0n) is 8.47. The summed E-state index contributed by atoms with van der Waals surface area (Å²) >= 11 is 0. The fraction of sp³-hybridized carbons (Fsp3) is 0.400. The van der Waals surface area contributed by atoms with Gasteiger partial charge in [-0.3, -0.25) is 4.79 Å². The molecule has 0 saturated carbocycles. The van der Waals surface area contributed by atoms with E-state index in [1.807, 2.05) is 24.8 Å². The Morgan fingerprint density at radius 2 is 2.43 bits per heavy atom. The van der Waals surface area contributed by atoms with Gasteiger partial charge in [-0.25, -0.2) is 0 Å². The standard InChI is InChI=1S/C10H15N3O/c1-8(2)10(12-11)13-5-3-4-9(6-13)7-14/h3-4,6-8H,5,11H2,1-2H3/b12-10-. The lowest BCUT2D eigenvalue weighted by Gasteiger charge is -2.25. The fourth-order valence-electron chi connectivity index (χ4n) is 1.36. The van der Waals surface area contributed by atoms with E-state index in [1.54, 1.807) is 12.3 Å². The number of nitrogens with zero attached hydrogens (tertiary/aromatic N) is 2. The predicted octanol–water partition coefficient (Wildman–Crippen LogP) is 0.869. The molecule has 0 radical (unpaired) electrons. The Kier molecular flexibility index (Phi) is 3.45. The number of hydrazone groups is 1. The van der Waals surface area contributed by atoms with Gasteiger partial charge >= 0.3 is 0 Å². The molecule has 0 amide bonds. The number of hydrogen-bond donors (Lipinski definition) is 1. The monoisotopic (exact) mass is 193 g/mol. The maximum absolute atomic E-state index is 10.6. The smallest absolute Gasteiger partial charge is 0.151 e. The summed E-state index contributed by atoms with van der Waals surface area (Å²) in [7, 11) is 0. The van der Waals surface area contributed by atoms with Crippen molar-refractivity contribution >= 4 is 12.1 Å². The maximum Gasteiger partial charge on any atom is 0.151 e. The van der Waals surface area contributed by atoms with Crippen molar-refractivity contribution in [3.63, 3.8) is 0 Å². The molecule has 14 heavy (non-hydrogen) atoms. The molecule has 0 aliphatic carbocycles. The van der Waals surface area contributed by atoms with Gasteiger partial charge in [-0.1, -0.05) is 26.0 Å². The minimum atomic E-state index is 0.246. The van der Waals surface area contributed by atoms with Gasteiger partial charge in [-0.05, 0) is 0 Å². The van der Waals surface area contributed by atoms with Gasteiger partial charge in [0.2, 0.25) is 0 Å². The highest BCUT2D eigenvalue weighted by atomic mass is 16.1. The normalized spacial score (nSPS) is 17.2. The molecule has 2 N–H and O–H groups in total. The highest BCUT2D eigenvalue weighted by Gasteiger charge is 2.14. The maximum atomic E-state index is 10.6. The first-order valence-corrected chi connectivity index (χ1v) is 4.57. The topological polar surface area (TPSA) is 58.7 Å². The van der Waals surface area contributed by atoms with E-state index in [1.165, 1.54) is 0 Å². The third-order valence-electron chi connectivity index (χ3n) is 2.00. The molecule has 1 aliphatic rings. The number of carbonyl (C=O) groups excluding carboxylic acids is 1. The van der Waals surface area contributed by atoms with E-state index in [-0.39, 0.29) is 5.92 Å². The molecule has 0 atom stereocenters. The highest BCUT2D eigenvalue weighted by molar-refractivity contribution is 5.87. The zero-order chi connectivity index (χ0) is 10.6. The average molecular weight is 193 g/mol. The number of nitrogens with two attached hydrogens (primary N) is 1. The van der Waals surface area contributed by atoms with Gasteiger partial charge in [0.25, 0.3) is 0 Å². The molecule has 0 aromatic rings. The lowest BCUT2D eigenvalue weighted by molar-refractivity contribution is -0.104. The van der Waals surface area contributed by atoms with Gasteiger partial charge in [0.05, 0.1) is 0 Å². The third kappa shape index (κ3) is 2.22. The summed E-state index contributed by atoms with van der Waals surface area (Å²) in [5.41, 5.74) is 0.637. The summed E-state index contributed by atoms with van der Waals surface area (Å²) in [6, 6.07) is 0. The van der Waals surface area contributed by atoms with Crippen molar-refractivity contribution in [1.82, 2.24) is 4.90 Å². The van der Waals surface area contributed by atoms with Crippen molar-refractivity contribution in [3.8, 4) is 0 Å². The van der Waals surface area contributed by atoms with Gasteiger partial charge in [-0.2, -0.15) is 5.10 Å². The van der Waals surface area contributed by atoms with Crippen LogP contribution in [0.15, 0.2) is 29.0 Å². The third-order valence-corrected chi connectivity index (χ3v) is 2.00. The van der Waals surface area contributed by atoms with Gasteiger partial charge in [0.15, 0.2) is 6.29 Å². The van der Waals surface area contributed by atoms with Crippen LogP contribution in [0.1, 0.15) is 13.8 Å². The molecule has 0 aromatic heterocycles. The molecule has 0 bridgehead atoms. The molecule has 4 nitrogen and oxygen atoms in total. The SMILES string of the molecule is CC(C)/C(=N/N)N1C=C(C=O)C=CC1. The molecule has 0 aromatic carbocycles. The second-order valence-electron chi connectivity index (χ2n) is 3.44. The molecule has 0 saturated heterocycles. The summed E-state index contributed by atoms with van der Waals surface area (Å²) in [6.45, 7) is 4.74. The van der Waals surface area contributed by atoms with E-state index in [0.29, 0.717) is 12.1 Å². The number of hydrogen-bond acceptors (Lipinski definition) is 3. The van der Waals surface area contributed by atoms with E-state index in [0.717, 1.165) is 12.1 Å². The first kappa shape index (κ1) is 10.5. The van der Waals surface area contributed by atoms with Gasteiger partial charge in [0, 0.05) is 24.2 Å². The summed E-state index contributed by atoms with van der Waals surface area (Å²) < 4.78 is 0. The summed E-state index contributed by atoms with van der Waals surface area (Å²) in [5, 5.41) is 3.73. The van der Waals surface area contributed by atoms with Crippen molar-refractivity contribution in [2.24, 2.45) is 16.9 Å². The molecule has 76 valence electrons. The summed E-state index contributed by atoms with van der Waals surface area (Å²) in [6.07, 6.45) is 6.28. The van der Waals surface area contributed by atoms with Crippen molar-refractivity contribution in [2.45, 2.75) is 13.8 Å².